The van der Waals surface area contributed by atoms with Gasteiger partial charge in [0.1, 0.15) is 6.61 Å². The predicted molar refractivity (Wildman–Crippen MR) is 192 cm³/mol. The van der Waals surface area contributed by atoms with E-state index in [0.29, 0.717) is 19.5 Å². The molecule has 0 spiro atoms. The van der Waals surface area contributed by atoms with Gasteiger partial charge in [0.2, 0.25) is 5.91 Å². The molecule has 2 amide bonds. The predicted octanol–water partition coefficient (Wildman–Crippen LogP) is 7.41. The Balaban J connectivity index is 1.25. The van der Waals surface area contributed by atoms with Crippen LogP contribution in [0.5, 0.6) is 0 Å². The standard InChI is InChI=1S/C38H52BN2O5S/c1-37(2)38(3,4)46-39(45-37)33-20-16-19-32(25-33)29-44-36(43)41(28-30-17-12-11-13-18-30)34-23-22-31(26-34)27-40-35(42)21-14-9-7-5-6-8-10-15-24-47/h11-13,16-20,22-23,25-26,47H,5-10,14-15,21,24,27-29H2,1-4H3,(H,40,42). The molecule has 0 atom stereocenters. The minimum absolute atomic E-state index is 0.0600. The van der Waals surface area contributed by atoms with Crippen LogP contribution < -0.4 is 10.8 Å². The first-order valence-electron chi connectivity index (χ1n) is 17.1. The zero-order valence-corrected chi connectivity index (χ0v) is 29.5. The van der Waals surface area contributed by atoms with Crippen molar-refractivity contribution in [1.82, 2.24) is 10.2 Å². The lowest BCUT2D eigenvalue weighted by atomic mass is 9.78. The molecule has 1 N–H and O–H groups in total. The van der Waals surface area contributed by atoms with E-state index in [-0.39, 0.29) is 12.5 Å². The molecule has 1 aliphatic carbocycles. The van der Waals surface area contributed by atoms with Crippen molar-refractivity contribution < 1.29 is 23.6 Å². The number of rotatable bonds is 18. The van der Waals surface area contributed by atoms with E-state index < -0.39 is 24.4 Å². The molecule has 1 saturated heterocycles. The Hall–Kier alpha value is -2.49. The Bertz CT molecular complexity index is 1240. The van der Waals surface area contributed by atoms with Gasteiger partial charge in [-0.15, -0.1) is 0 Å². The first-order valence-corrected chi connectivity index (χ1v) is 17.8. The molecular weight excluding hydrogens is 607 g/mol. The summed E-state index contributed by atoms with van der Waals surface area (Å²) >= 11 is 4.26. The SMILES string of the molecule is CC1(C)OB(c2cccc(COC(=O)N(Cc3ccccc3)[C]3[CH][CH][C](CNC(=O)CCCCCCCCCCS)[CH]3)c2)OC1(C)C. The maximum Gasteiger partial charge on any atom is 0.494 e. The molecule has 0 bridgehead atoms. The highest BCUT2D eigenvalue weighted by Gasteiger charge is 2.51. The van der Waals surface area contributed by atoms with E-state index in [1.165, 1.54) is 38.5 Å². The van der Waals surface area contributed by atoms with Crippen LogP contribution in [0.3, 0.4) is 0 Å². The van der Waals surface area contributed by atoms with Crippen molar-refractivity contribution >= 4 is 37.2 Å². The molecule has 1 aliphatic heterocycles. The number of amides is 2. The van der Waals surface area contributed by atoms with Gasteiger partial charge in [0.25, 0.3) is 0 Å². The lowest BCUT2D eigenvalue weighted by molar-refractivity contribution is -0.121. The number of nitrogens with zero attached hydrogens (tertiary/aromatic N) is 1. The molecule has 2 aromatic rings. The second-order valence-corrected chi connectivity index (χ2v) is 14.0. The quantitative estimate of drug-likeness (QED) is 0.0991. The van der Waals surface area contributed by atoms with E-state index in [1.54, 1.807) is 4.90 Å². The minimum Gasteiger partial charge on any atom is -0.445 e. The fourth-order valence-corrected chi connectivity index (χ4v) is 5.79. The van der Waals surface area contributed by atoms with Crippen molar-refractivity contribution in [2.24, 2.45) is 0 Å². The van der Waals surface area contributed by atoms with Gasteiger partial charge in [-0.05, 0) is 82.1 Å². The Kier molecular flexibility index (Phi) is 14.6. The third kappa shape index (κ3) is 11.6. The monoisotopic (exact) mass is 659 g/mol. The van der Waals surface area contributed by atoms with Crippen LogP contribution in [0, 0.1) is 31.2 Å². The second-order valence-electron chi connectivity index (χ2n) is 13.5. The van der Waals surface area contributed by atoms with Crippen molar-refractivity contribution in [3.8, 4) is 0 Å². The normalized spacial score (nSPS) is 17.6. The Morgan fingerprint density at radius 3 is 2.15 bits per heavy atom. The number of hydrogen-bond acceptors (Lipinski definition) is 6. The molecule has 5 radical (unpaired) electrons. The summed E-state index contributed by atoms with van der Waals surface area (Å²) in [7, 11) is -0.489. The fraction of sp³-hybridized carbons (Fsp3) is 0.500. The van der Waals surface area contributed by atoms with Gasteiger partial charge in [0, 0.05) is 25.4 Å². The zero-order valence-electron chi connectivity index (χ0n) is 28.6. The van der Waals surface area contributed by atoms with Crippen LogP contribution >= 0.6 is 12.6 Å². The summed E-state index contributed by atoms with van der Waals surface area (Å²) in [6.45, 7) is 9.00. The number of carbonyl (C=O) groups excluding carboxylic acids is 2. The fourth-order valence-electron chi connectivity index (χ4n) is 5.56. The van der Waals surface area contributed by atoms with Gasteiger partial charge in [-0.2, -0.15) is 12.6 Å². The molecule has 0 aromatic heterocycles. The Morgan fingerprint density at radius 1 is 0.830 bits per heavy atom. The summed E-state index contributed by atoms with van der Waals surface area (Å²) in [6, 6.07) is 18.4. The largest absolute Gasteiger partial charge is 0.494 e. The lowest BCUT2D eigenvalue weighted by Gasteiger charge is -2.32. The number of thiol groups is 1. The van der Waals surface area contributed by atoms with Crippen LogP contribution in [0.4, 0.5) is 4.79 Å². The maximum atomic E-state index is 13.5. The van der Waals surface area contributed by atoms with E-state index in [0.717, 1.165) is 47.1 Å². The molecule has 0 unspecified atom stereocenters. The van der Waals surface area contributed by atoms with E-state index in [1.807, 2.05) is 102 Å². The van der Waals surface area contributed by atoms with Crippen molar-refractivity contribution in [3.63, 3.8) is 0 Å². The third-order valence-corrected chi connectivity index (χ3v) is 9.47. The molecular formula is C38H52BN2O5S. The first kappa shape index (κ1) is 37.3. The molecule has 253 valence electrons. The number of nitrogens with one attached hydrogen (secondary N) is 1. The van der Waals surface area contributed by atoms with Crippen molar-refractivity contribution in [3.05, 3.63) is 96.9 Å². The summed E-state index contributed by atoms with van der Waals surface area (Å²) in [5, 5.41) is 3.04. The second kappa shape index (κ2) is 18.3. The number of benzene rings is 2. The highest BCUT2D eigenvalue weighted by atomic mass is 32.1. The van der Waals surface area contributed by atoms with Crippen molar-refractivity contribution in [1.29, 1.82) is 0 Å². The smallest absolute Gasteiger partial charge is 0.445 e. The van der Waals surface area contributed by atoms with Gasteiger partial charge in [-0.25, -0.2) is 4.79 Å². The zero-order chi connectivity index (χ0) is 33.7. The Labute approximate surface area is 289 Å². The number of carbonyl (C=O) groups is 2. The number of hydrogen-bond donors (Lipinski definition) is 2. The Morgan fingerprint density at radius 2 is 1.47 bits per heavy atom. The summed E-state index contributed by atoms with van der Waals surface area (Å²) in [5.41, 5.74) is 1.84. The van der Waals surface area contributed by atoms with Crippen molar-refractivity contribution in [2.45, 2.75) is 110 Å². The average molecular weight is 660 g/mol. The number of ether oxygens (including phenoxy) is 1. The van der Waals surface area contributed by atoms with Gasteiger partial charge in [0.05, 0.1) is 17.2 Å². The summed E-state index contributed by atoms with van der Waals surface area (Å²) in [4.78, 5) is 27.7. The molecule has 2 aromatic carbocycles. The van der Waals surface area contributed by atoms with Gasteiger partial charge >= 0.3 is 13.2 Å². The van der Waals surface area contributed by atoms with Gasteiger partial charge in [-0.1, -0.05) is 93.1 Å². The summed E-state index contributed by atoms with van der Waals surface area (Å²) in [6.07, 6.45) is 15.3. The molecule has 47 heavy (non-hydrogen) atoms. The highest BCUT2D eigenvalue weighted by molar-refractivity contribution is 7.80. The summed E-state index contributed by atoms with van der Waals surface area (Å²) in [5.74, 6) is 1.97. The summed E-state index contributed by atoms with van der Waals surface area (Å²) < 4.78 is 18.3. The van der Waals surface area contributed by atoms with E-state index >= 15 is 0 Å². The van der Waals surface area contributed by atoms with Crippen LogP contribution in [-0.2, 0) is 32.0 Å². The first-order chi connectivity index (χ1) is 22.6. The van der Waals surface area contributed by atoms with Crippen LogP contribution in [0.25, 0.3) is 0 Å². The van der Waals surface area contributed by atoms with Gasteiger partial charge < -0.3 is 19.4 Å². The molecule has 4 rings (SSSR count). The molecule has 2 fully saturated rings. The van der Waals surface area contributed by atoms with E-state index in [9.17, 15) is 9.59 Å². The van der Waals surface area contributed by atoms with E-state index in [4.69, 9.17) is 14.0 Å². The molecule has 1 heterocycles. The maximum absolute atomic E-state index is 13.5. The van der Waals surface area contributed by atoms with Crippen molar-refractivity contribution in [2.75, 3.05) is 12.3 Å². The number of unbranched alkanes of at least 4 members (excludes halogenated alkanes) is 7. The molecule has 7 nitrogen and oxygen atoms in total. The highest BCUT2D eigenvalue weighted by Crippen LogP contribution is 2.37. The molecule has 9 heteroatoms. The van der Waals surface area contributed by atoms with Crippen LogP contribution in [0.15, 0.2) is 54.6 Å². The molecule has 2 aliphatic rings. The lowest BCUT2D eigenvalue weighted by Crippen LogP contribution is -2.41. The van der Waals surface area contributed by atoms with Crippen LogP contribution in [0.1, 0.15) is 96.6 Å². The minimum atomic E-state index is -0.489. The third-order valence-electron chi connectivity index (χ3n) is 9.16. The van der Waals surface area contributed by atoms with Crippen LogP contribution in [0.2, 0.25) is 0 Å². The molecule has 1 saturated carbocycles. The van der Waals surface area contributed by atoms with Gasteiger partial charge in [0.15, 0.2) is 0 Å². The average Bonchev–Trinajstić information content (AvgIpc) is 3.61. The van der Waals surface area contributed by atoms with Crippen LogP contribution in [-0.4, -0.2) is 47.5 Å². The topological polar surface area (TPSA) is 77.1 Å². The van der Waals surface area contributed by atoms with E-state index in [2.05, 4.69) is 17.9 Å². The van der Waals surface area contributed by atoms with Gasteiger partial charge in [-0.3, -0.25) is 9.69 Å².